The molecule has 35 heteroatoms. The van der Waals surface area contributed by atoms with Crippen molar-refractivity contribution >= 4 is 107 Å². The summed E-state index contributed by atoms with van der Waals surface area (Å²) in [7, 11) is 2.66. The second-order valence-electron chi connectivity index (χ2n) is 25.8. The number of ether oxygens (including phenoxy) is 1. The van der Waals surface area contributed by atoms with Crippen molar-refractivity contribution < 1.29 is 97.0 Å². The number of aldehydes is 1. The smallest absolute Gasteiger partial charge is 0.344 e. The first kappa shape index (κ1) is 85.0. The minimum Gasteiger partial charge on any atom is -0.508 e. The number of aliphatic hydroxyl groups is 1. The van der Waals surface area contributed by atoms with Gasteiger partial charge in [0.15, 0.2) is 0 Å². The van der Waals surface area contributed by atoms with Crippen LogP contribution in [-0.4, -0.2) is 234 Å². The van der Waals surface area contributed by atoms with Crippen LogP contribution in [0, 0.1) is 5.92 Å². The average Bonchev–Trinajstić information content (AvgIpc) is 1.74. The van der Waals surface area contributed by atoms with E-state index in [0.29, 0.717) is 73.7 Å². The number of aromatic hydroxyl groups is 1. The Hall–Kier alpha value is -8.64. The van der Waals surface area contributed by atoms with E-state index in [1.807, 2.05) is 18.2 Å². The molecule has 0 unspecified atom stereocenters. The van der Waals surface area contributed by atoms with Gasteiger partial charge in [-0.1, -0.05) is 37.2 Å². The SMILES string of the molecule is CN[C@@H](CSCc1cc2cc(c1)OCCCCCCO/N=C/C(=O)N[C@@H](CCCCN)C(=O)N[C@H](C(=O)N1CCC[C@H]1C(=O)N[C@@H](CC(C)C)C(=O)N[C@@H](CC(=O)OOC)C(=O)N[C@H](C(=O)N1CCC[C@H]1C(=O)N[C@@H](Cc1ccc(O)cc1)C(=O)N[C@H](C=O)CCC(=O)O)[C@@H](C)O)CSC2)C(N)=O. The summed E-state index contributed by atoms with van der Waals surface area (Å²) in [4.78, 5) is 194. The number of phenolic OH excluding ortho intramolecular Hbond substituents is 1. The fourth-order valence-electron chi connectivity index (χ4n) is 11.7. The largest absolute Gasteiger partial charge is 0.508 e. The lowest BCUT2D eigenvalue weighted by Gasteiger charge is -2.32. The summed E-state index contributed by atoms with van der Waals surface area (Å²) < 4.78 is 6.25. The third-order valence-electron chi connectivity index (χ3n) is 17.1. The van der Waals surface area contributed by atoms with E-state index in [1.54, 1.807) is 20.9 Å². The first-order chi connectivity index (χ1) is 49.2. The molecule has 3 aliphatic rings. The molecule has 11 atom stereocenters. The van der Waals surface area contributed by atoms with E-state index >= 15 is 4.79 Å². The third kappa shape index (κ3) is 29.2. The molecular formula is C68H101N13O20S2. The van der Waals surface area contributed by atoms with Crippen molar-refractivity contribution in [2.75, 3.05) is 58.5 Å². The molecule has 0 aliphatic carbocycles. The van der Waals surface area contributed by atoms with Crippen LogP contribution >= 0.6 is 23.5 Å². The number of fused-ring (bicyclic) bond motifs is 2. The first-order valence-corrected chi connectivity index (χ1v) is 36.9. The number of likely N-dealkylation sites (N-methyl/N-ethyl adjacent to an activating group) is 1. The van der Waals surface area contributed by atoms with Crippen LogP contribution in [0.5, 0.6) is 11.5 Å². The number of nitrogens with zero attached hydrogens (tertiary/aromatic N) is 3. The number of unbranched alkanes of at least 4 members (excludes halogenated alkanes) is 1. The predicted octanol–water partition coefficient (Wildman–Crippen LogP) is -0.380. The van der Waals surface area contributed by atoms with Crippen LogP contribution in [0.2, 0.25) is 0 Å². The molecule has 15 N–H and O–H groups in total. The van der Waals surface area contributed by atoms with Gasteiger partial charge < -0.3 is 93.5 Å². The molecule has 5 rings (SSSR count). The zero-order valence-corrected chi connectivity index (χ0v) is 60.5. The number of aliphatic hydroxyl groups excluding tert-OH is 1. The predicted molar refractivity (Wildman–Crippen MR) is 379 cm³/mol. The lowest BCUT2D eigenvalue weighted by atomic mass is 10.0. The molecule has 0 spiro atoms. The Morgan fingerprint density at radius 3 is 2.11 bits per heavy atom. The van der Waals surface area contributed by atoms with E-state index in [1.165, 1.54) is 52.7 Å². The number of hydrogen-bond donors (Lipinski definition) is 13. The number of oxime groups is 1. The van der Waals surface area contributed by atoms with Crippen LogP contribution in [0.15, 0.2) is 47.6 Å². The number of likely N-dealkylation sites (tertiary alicyclic amines) is 2. The fraction of sp³-hybridized carbons (Fsp3) is 0.618. The Morgan fingerprint density at radius 1 is 0.806 bits per heavy atom. The topological polar surface area (TPSA) is 487 Å². The number of rotatable bonds is 34. The molecule has 0 aromatic heterocycles. The zero-order chi connectivity index (χ0) is 75.5. The maximum Gasteiger partial charge on any atom is 0.344 e. The lowest BCUT2D eigenvalue weighted by Crippen LogP contribution is -2.62. The van der Waals surface area contributed by atoms with Gasteiger partial charge in [-0.2, -0.15) is 28.4 Å². The number of benzene rings is 2. The number of primary amides is 1. The zero-order valence-electron chi connectivity index (χ0n) is 58.9. The van der Waals surface area contributed by atoms with E-state index < -0.39 is 150 Å². The molecule has 0 saturated carbocycles. The molecule has 2 fully saturated rings. The maximum atomic E-state index is 15.2. The molecule has 570 valence electrons. The van der Waals surface area contributed by atoms with Gasteiger partial charge in [0.25, 0.3) is 5.91 Å². The van der Waals surface area contributed by atoms with Crippen molar-refractivity contribution in [2.45, 2.75) is 202 Å². The van der Waals surface area contributed by atoms with Crippen LogP contribution in [0.3, 0.4) is 0 Å². The van der Waals surface area contributed by atoms with Crippen LogP contribution in [0.25, 0.3) is 0 Å². The van der Waals surface area contributed by atoms with Gasteiger partial charge in [0.1, 0.15) is 78.9 Å². The number of carboxylic acid groups (broad SMARTS) is 1. The monoisotopic (exact) mass is 1480 g/mol. The number of carboxylic acids is 1. The fourth-order valence-corrected chi connectivity index (χ4v) is 13.8. The highest BCUT2D eigenvalue weighted by molar-refractivity contribution is 7.98. The van der Waals surface area contributed by atoms with Crippen LogP contribution in [0.1, 0.15) is 134 Å². The first-order valence-electron chi connectivity index (χ1n) is 34.6. The number of hydrogen-bond acceptors (Lipinski definition) is 24. The van der Waals surface area contributed by atoms with Crippen LogP contribution in [0.4, 0.5) is 0 Å². The molecule has 2 saturated heterocycles. The van der Waals surface area contributed by atoms with E-state index in [4.69, 9.17) is 21.0 Å². The number of nitrogens with one attached hydrogen (secondary N) is 8. The summed E-state index contributed by atoms with van der Waals surface area (Å²) in [5.41, 5.74) is 13.6. The molecule has 2 aromatic rings. The Kier molecular flexibility index (Phi) is 37.0. The highest BCUT2D eigenvalue weighted by Gasteiger charge is 2.44. The Bertz CT molecular complexity index is 3220. The third-order valence-corrected chi connectivity index (χ3v) is 19.3. The van der Waals surface area contributed by atoms with Crippen molar-refractivity contribution in [3.8, 4) is 11.5 Å². The van der Waals surface area contributed by atoms with Crippen molar-refractivity contribution in [1.29, 1.82) is 0 Å². The normalized spacial score (nSPS) is 20.1. The molecule has 2 bridgehead atoms. The van der Waals surface area contributed by atoms with Crippen molar-refractivity contribution in [3.63, 3.8) is 0 Å². The number of carbonyl (C=O) groups excluding carboxylic acids is 12. The standard InChI is InChI=1S/C68H101N13O20S2/c1-40(2)28-49(63(92)75-51(33-58(88)101-98-5)64(93)79-59(41(3)83)68(97)81-25-13-16-55(81)66(95)77-50(32-42-17-20-46(84)21-18-42)62(91)73-45(35-82)19-22-57(86)87)76-65(94)54-15-12-24-80(54)67(96)53-39-103-37-44-29-43(36-102-38-52(71-4)60(70)89)30-47(31-44)99-26-10-6-7-11-27-100-72-34-56(85)74-48(61(90)78-53)14-8-9-23-69/h17-18,20-21,29-31,34-35,40-41,45,48-55,59,71,83-84H,6-16,19,22-28,32-33,36-39,69H2,1-5H3,(H2,70,89)(H,73,91)(H,74,85)(H,75,92)(H,76,94)(H,77,95)(H,78,90)(H,79,93)(H,86,87)/b72-34+/t41-,45+,48+,49+,50+,51+,52+,53+,54+,55+,59+/m1/s1. The second-order valence-corrected chi connectivity index (χ2v) is 27.9. The molecule has 3 heterocycles. The second kappa shape index (κ2) is 44.8. The van der Waals surface area contributed by atoms with Gasteiger partial charge in [-0.25, -0.2) is 4.79 Å². The minimum absolute atomic E-state index is 0.0354. The lowest BCUT2D eigenvalue weighted by molar-refractivity contribution is -0.255. The van der Waals surface area contributed by atoms with Crippen LogP contribution in [-0.2, 0) is 94.9 Å². The molecule has 2 aromatic carbocycles. The summed E-state index contributed by atoms with van der Waals surface area (Å²) in [5.74, 6) is -9.31. The number of aliphatic carboxylic acids is 1. The van der Waals surface area contributed by atoms with Crippen LogP contribution < -0.4 is 58.7 Å². The van der Waals surface area contributed by atoms with Crippen molar-refractivity contribution in [2.24, 2.45) is 22.5 Å². The summed E-state index contributed by atoms with van der Waals surface area (Å²) in [6.45, 7) is 5.55. The van der Waals surface area contributed by atoms with Gasteiger partial charge in [0.2, 0.25) is 53.2 Å². The van der Waals surface area contributed by atoms with E-state index in [-0.39, 0.29) is 82.1 Å². The Balaban J connectivity index is 1.39. The Morgan fingerprint density at radius 2 is 1.47 bits per heavy atom. The van der Waals surface area contributed by atoms with E-state index in [9.17, 15) is 72.9 Å². The number of thioether (sulfide) groups is 2. The van der Waals surface area contributed by atoms with Gasteiger partial charge >= 0.3 is 11.9 Å². The maximum absolute atomic E-state index is 15.2. The summed E-state index contributed by atoms with van der Waals surface area (Å²) in [6, 6.07) is -1.98. The van der Waals surface area contributed by atoms with Crippen molar-refractivity contribution in [1.82, 2.24) is 52.3 Å². The van der Waals surface area contributed by atoms with E-state index in [0.717, 1.165) is 55.5 Å². The molecular weight excluding hydrogens is 1380 g/mol. The quantitative estimate of drug-likeness (QED) is 0.0184. The molecule has 3 aliphatic heterocycles. The van der Waals surface area contributed by atoms with Gasteiger partial charge in [0, 0.05) is 48.9 Å². The van der Waals surface area contributed by atoms with Gasteiger partial charge in [-0.15, -0.1) is 0 Å². The summed E-state index contributed by atoms with van der Waals surface area (Å²) in [6.07, 6.45) is 2.44. The molecule has 10 amide bonds. The number of amides is 10. The Labute approximate surface area is 606 Å². The summed E-state index contributed by atoms with van der Waals surface area (Å²) >= 11 is 2.81. The molecule has 0 radical (unpaired) electrons. The van der Waals surface area contributed by atoms with Gasteiger partial charge in [-0.3, -0.25) is 57.6 Å². The molecule has 103 heavy (non-hydrogen) atoms. The highest BCUT2D eigenvalue weighted by Crippen LogP contribution is 2.28. The summed E-state index contributed by atoms with van der Waals surface area (Å²) in [5, 5.41) is 55.1. The molecule has 33 nitrogen and oxygen atoms in total. The van der Waals surface area contributed by atoms with Gasteiger partial charge in [-0.05, 0) is 151 Å². The number of phenols is 1. The van der Waals surface area contributed by atoms with Gasteiger partial charge in [0.05, 0.1) is 38.3 Å². The minimum atomic E-state index is -1.89. The van der Waals surface area contributed by atoms with E-state index in [2.05, 4.69) is 57.5 Å². The van der Waals surface area contributed by atoms with Crippen molar-refractivity contribution in [3.05, 3.63) is 59.2 Å². The average molecular weight is 1480 g/mol. The number of carbonyl (C=O) groups is 13. The highest BCUT2D eigenvalue weighted by atomic mass is 32.2. The number of nitrogens with two attached hydrogens (primary N) is 2.